The smallest absolute Gasteiger partial charge is 0.166 e. The molecular formula is C45H28N4S. The summed E-state index contributed by atoms with van der Waals surface area (Å²) in [6.45, 7) is 0. The van der Waals surface area contributed by atoms with E-state index < -0.39 is 0 Å². The van der Waals surface area contributed by atoms with E-state index >= 15 is 0 Å². The topological polar surface area (TPSA) is 43.6 Å². The second kappa shape index (κ2) is 11.6. The van der Waals surface area contributed by atoms with Gasteiger partial charge in [-0.2, -0.15) is 0 Å². The second-order valence-electron chi connectivity index (χ2n) is 12.1. The number of para-hydroxylation sites is 2. The lowest BCUT2D eigenvalue weighted by molar-refractivity contribution is 1.06. The number of hydrogen-bond donors (Lipinski definition) is 0. The molecule has 234 valence electrons. The van der Waals surface area contributed by atoms with Gasteiger partial charge in [0.2, 0.25) is 0 Å². The lowest BCUT2D eigenvalue weighted by Crippen LogP contribution is -2.04. The SMILES string of the molecule is [2H]c1cc([2H])c2c(c1)c1cc([2H])cc([2H])c1n2-c1ccc(-c2cccc3c2sc2ccccc23)cc1-c1nc(-c2ccccc2)nc(-c2ccccc2)n1. The maximum atomic E-state index is 9.15. The zero-order chi connectivity index (χ0) is 36.5. The van der Waals surface area contributed by atoms with Crippen LogP contribution in [0.3, 0.4) is 0 Å². The average Bonchev–Trinajstić information content (AvgIpc) is 3.74. The Hall–Kier alpha value is -6.43. The Morgan fingerprint density at radius 3 is 1.74 bits per heavy atom. The molecule has 0 N–H and O–H groups in total. The van der Waals surface area contributed by atoms with Crippen molar-refractivity contribution in [2.24, 2.45) is 0 Å². The normalized spacial score (nSPS) is 12.7. The van der Waals surface area contributed by atoms with Crippen LogP contribution in [0.15, 0.2) is 170 Å². The summed E-state index contributed by atoms with van der Waals surface area (Å²) in [4.78, 5) is 15.3. The van der Waals surface area contributed by atoms with Gasteiger partial charge in [0.15, 0.2) is 17.5 Å². The first kappa shape index (κ1) is 24.7. The molecule has 0 saturated carbocycles. The summed E-state index contributed by atoms with van der Waals surface area (Å²) in [6, 6.07) is 47.9. The highest BCUT2D eigenvalue weighted by Gasteiger charge is 2.21. The molecule has 0 radical (unpaired) electrons. The molecule has 0 saturated heterocycles. The zero-order valence-corrected chi connectivity index (χ0v) is 27.4. The van der Waals surface area contributed by atoms with Crippen molar-refractivity contribution in [1.29, 1.82) is 0 Å². The first-order valence-electron chi connectivity index (χ1n) is 18.4. The molecule has 4 nitrogen and oxygen atoms in total. The van der Waals surface area contributed by atoms with E-state index in [1.54, 1.807) is 23.5 Å². The zero-order valence-electron chi connectivity index (χ0n) is 30.6. The summed E-state index contributed by atoms with van der Waals surface area (Å²) in [5, 5.41) is 3.68. The molecule has 0 bridgehead atoms. The Labute approximate surface area is 298 Å². The molecule has 0 aliphatic rings. The Bertz CT molecular complexity index is 2980. The van der Waals surface area contributed by atoms with Crippen LogP contribution in [0.5, 0.6) is 0 Å². The summed E-state index contributed by atoms with van der Waals surface area (Å²) >= 11 is 1.76. The molecule has 0 spiro atoms. The third-order valence-electron chi connectivity index (χ3n) is 9.18. The molecule has 0 unspecified atom stereocenters. The van der Waals surface area contributed by atoms with Crippen LogP contribution in [0, 0.1) is 0 Å². The van der Waals surface area contributed by atoms with E-state index in [9.17, 15) is 0 Å². The quantitative estimate of drug-likeness (QED) is 0.184. The van der Waals surface area contributed by atoms with Gasteiger partial charge in [0.05, 0.1) is 22.2 Å². The lowest BCUT2D eigenvalue weighted by atomic mass is 9.99. The van der Waals surface area contributed by atoms with Gasteiger partial charge in [-0.15, -0.1) is 11.3 Å². The van der Waals surface area contributed by atoms with Gasteiger partial charge < -0.3 is 4.57 Å². The number of thiophene rings is 1. The van der Waals surface area contributed by atoms with E-state index in [4.69, 9.17) is 20.4 Å². The molecule has 0 amide bonds. The molecule has 0 fully saturated rings. The van der Waals surface area contributed by atoms with Crippen LogP contribution in [0.25, 0.3) is 93.0 Å². The standard InChI is InChI=1S/C45H28N4S/c1-3-14-29(15-4-1)43-46-44(30-16-5-2-6-17-30)48-45(47-43)37-28-31(32-21-13-22-36-35-20-9-12-25-41(35)50-42(32)36)26-27-40(37)49-38-23-10-7-18-33(38)34-19-8-11-24-39(34)49/h1-28H/i7D,8D,23D,24D. The fraction of sp³-hybridized carbons (Fsp3) is 0. The maximum absolute atomic E-state index is 9.15. The summed E-state index contributed by atoms with van der Waals surface area (Å²) in [7, 11) is 0. The van der Waals surface area contributed by atoms with Crippen molar-refractivity contribution < 1.29 is 5.48 Å². The van der Waals surface area contributed by atoms with Gasteiger partial charge >= 0.3 is 0 Å². The van der Waals surface area contributed by atoms with Gasteiger partial charge in [0.1, 0.15) is 0 Å². The van der Waals surface area contributed by atoms with E-state index in [2.05, 4.69) is 54.6 Å². The van der Waals surface area contributed by atoms with Crippen molar-refractivity contribution in [3.8, 4) is 51.0 Å². The van der Waals surface area contributed by atoms with Crippen LogP contribution in [0.4, 0.5) is 0 Å². The van der Waals surface area contributed by atoms with Gasteiger partial charge in [-0.1, -0.05) is 139 Å². The van der Waals surface area contributed by atoms with Gasteiger partial charge in [-0.25, -0.2) is 15.0 Å². The molecule has 3 heterocycles. The molecule has 3 aromatic heterocycles. The van der Waals surface area contributed by atoms with E-state index in [0.29, 0.717) is 50.5 Å². The predicted molar refractivity (Wildman–Crippen MR) is 209 cm³/mol. The third kappa shape index (κ3) is 4.63. The van der Waals surface area contributed by atoms with E-state index in [1.165, 1.54) is 32.3 Å². The summed E-state index contributed by atoms with van der Waals surface area (Å²) in [6.07, 6.45) is 0. The van der Waals surface area contributed by atoms with Gasteiger partial charge in [0.25, 0.3) is 0 Å². The number of benzene rings is 7. The third-order valence-corrected chi connectivity index (χ3v) is 10.4. The monoisotopic (exact) mass is 660 g/mol. The van der Waals surface area contributed by atoms with Crippen LogP contribution in [-0.4, -0.2) is 19.5 Å². The fourth-order valence-electron chi connectivity index (χ4n) is 6.88. The fourth-order valence-corrected chi connectivity index (χ4v) is 8.12. The Morgan fingerprint density at radius 1 is 0.460 bits per heavy atom. The van der Waals surface area contributed by atoms with E-state index in [-0.39, 0.29) is 24.2 Å². The predicted octanol–water partition coefficient (Wildman–Crippen LogP) is 12.0. The number of aromatic nitrogens is 4. The molecule has 0 aliphatic heterocycles. The molecule has 50 heavy (non-hydrogen) atoms. The average molecular weight is 661 g/mol. The Kier molecular flexibility index (Phi) is 5.73. The molecule has 7 aromatic carbocycles. The Morgan fingerprint density at radius 2 is 1.06 bits per heavy atom. The summed E-state index contributed by atoms with van der Waals surface area (Å²) < 4.78 is 39.6. The van der Waals surface area contributed by atoms with Crippen molar-refractivity contribution in [3.05, 3.63) is 170 Å². The minimum Gasteiger partial charge on any atom is -0.309 e. The van der Waals surface area contributed by atoms with E-state index in [0.717, 1.165) is 22.3 Å². The largest absolute Gasteiger partial charge is 0.309 e. The van der Waals surface area contributed by atoms with Crippen LogP contribution >= 0.6 is 11.3 Å². The van der Waals surface area contributed by atoms with Crippen molar-refractivity contribution in [2.75, 3.05) is 0 Å². The van der Waals surface area contributed by atoms with Crippen molar-refractivity contribution in [1.82, 2.24) is 19.5 Å². The number of fused-ring (bicyclic) bond motifs is 6. The molecule has 5 heteroatoms. The van der Waals surface area contributed by atoms with Crippen LogP contribution in [0.1, 0.15) is 5.48 Å². The van der Waals surface area contributed by atoms with Crippen LogP contribution < -0.4 is 0 Å². The highest BCUT2D eigenvalue weighted by molar-refractivity contribution is 7.26. The molecule has 0 aliphatic carbocycles. The highest BCUT2D eigenvalue weighted by Crippen LogP contribution is 2.42. The van der Waals surface area contributed by atoms with Gasteiger partial charge in [-0.3, -0.25) is 0 Å². The molecular weight excluding hydrogens is 629 g/mol. The minimum atomic E-state index is 0.148. The minimum absolute atomic E-state index is 0.148. The first-order valence-corrected chi connectivity index (χ1v) is 17.2. The van der Waals surface area contributed by atoms with Crippen molar-refractivity contribution in [3.63, 3.8) is 0 Å². The van der Waals surface area contributed by atoms with Crippen molar-refractivity contribution >= 4 is 53.3 Å². The van der Waals surface area contributed by atoms with Gasteiger partial charge in [-0.05, 0) is 41.4 Å². The summed E-state index contributed by atoms with van der Waals surface area (Å²) in [5.41, 5.74) is 6.17. The second-order valence-corrected chi connectivity index (χ2v) is 13.2. The maximum Gasteiger partial charge on any atom is 0.166 e. The molecule has 0 atom stereocenters. The van der Waals surface area contributed by atoms with Crippen LogP contribution in [-0.2, 0) is 0 Å². The number of hydrogen-bond acceptors (Lipinski definition) is 4. The highest BCUT2D eigenvalue weighted by atomic mass is 32.1. The van der Waals surface area contributed by atoms with E-state index in [1.807, 2.05) is 71.3 Å². The number of nitrogens with zero attached hydrogens (tertiary/aromatic N) is 4. The van der Waals surface area contributed by atoms with Crippen LogP contribution in [0.2, 0.25) is 0 Å². The lowest BCUT2D eigenvalue weighted by Gasteiger charge is -2.16. The van der Waals surface area contributed by atoms with Crippen molar-refractivity contribution in [2.45, 2.75) is 0 Å². The van der Waals surface area contributed by atoms with Gasteiger partial charge in [0, 0.05) is 47.6 Å². The first-order chi connectivity index (χ1) is 26.4. The molecule has 10 rings (SSSR count). The molecule has 10 aromatic rings. The Balaban J connectivity index is 1.33. The number of rotatable bonds is 5. The summed E-state index contributed by atoms with van der Waals surface area (Å²) in [5.74, 6) is 1.47.